The van der Waals surface area contributed by atoms with Crippen LogP contribution in [0.4, 0.5) is 5.69 Å². The molecule has 1 aliphatic rings. The highest BCUT2D eigenvalue weighted by Gasteiger charge is 2.26. The summed E-state index contributed by atoms with van der Waals surface area (Å²) in [6.07, 6.45) is 10.4. The maximum absolute atomic E-state index is 13.3. The molecular formula is C26H32N4O3S. The number of rotatable bonds is 8. The number of anilines is 1. The van der Waals surface area contributed by atoms with Gasteiger partial charge in [0.15, 0.2) is 0 Å². The molecule has 1 N–H and O–H groups in total. The van der Waals surface area contributed by atoms with Gasteiger partial charge in [-0.1, -0.05) is 31.5 Å². The predicted molar refractivity (Wildman–Crippen MR) is 133 cm³/mol. The zero-order chi connectivity index (χ0) is 24.1. The number of likely N-dealkylation sites (tertiary alicyclic amines) is 1. The van der Waals surface area contributed by atoms with Gasteiger partial charge in [-0.3, -0.25) is 9.52 Å². The lowest BCUT2D eigenvalue weighted by Crippen LogP contribution is -2.39. The fraction of sp³-hybridized carbons (Fsp3) is 0.385. The summed E-state index contributed by atoms with van der Waals surface area (Å²) < 4.78 is 30.8. The minimum Gasteiger partial charge on any atom is -0.338 e. The van der Waals surface area contributed by atoms with E-state index in [-0.39, 0.29) is 10.8 Å². The molecule has 1 saturated heterocycles. The molecule has 34 heavy (non-hydrogen) atoms. The number of piperidine rings is 1. The van der Waals surface area contributed by atoms with E-state index in [9.17, 15) is 13.2 Å². The summed E-state index contributed by atoms with van der Waals surface area (Å²) in [7, 11) is -3.82. The van der Waals surface area contributed by atoms with Crippen molar-refractivity contribution in [3.8, 4) is 0 Å². The summed E-state index contributed by atoms with van der Waals surface area (Å²) in [5.74, 6) is -0.126. The Bertz CT molecular complexity index is 1210. The van der Waals surface area contributed by atoms with Crippen molar-refractivity contribution in [2.45, 2.75) is 56.9 Å². The van der Waals surface area contributed by atoms with Crippen molar-refractivity contribution in [2.24, 2.45) is 0 Å². The molecule has 1 aromatic heterocycles. The number of aryl methyl sites for hydroxylation is 2. The lowest BCUT2D eigenvalue weighted by Gasteiger charge is -2.33. The second kappa shape index (κ2) is 10.4. The van der Waals surface area contributed by atoms with Crippen LogP contribution in [0.25, 0.3) is 0 Å². The van der Waals surface area contributed by atoms with Crippen molar-refractivity contribution >= 4 is 21.6 Å². The van der Waals surface area contributed by atoms with Crippen molar-refractivity contribution in [3.63, 3.8) is 0 Å². The van der Waals surface area contributed by atoms with Crippen LogP contribution in [0.3, 0.4) is 0 Å². The maximum Gasteiger partial charge on any atom is 0.261 e. The molecule has 0 spiro atoms. The molecular weight excluding hydrogens is 448 g/mol. The number of carbonyl (C=O) groups is 1. The van der Waals surface area contributed by atoms with E-state index in [0.717, 1.165) is 37.7 Å². The molecule has 7 nitrogen and oxygen atoms in total. The summed E-state index contributed by atoms with van der Waals surface area (Å²) in [4.78, 5) is 19.3. The number of hydrogen-bond acceptors (Lipinski definition) is 4. The Morgan fingerprint density at radius 1 is 1.12 bits per heavy atom. The largest absolute Gasteiger partial charge is 0.338 e. The van der Waals surface area contributed by atoms with Gasteiger partial charge in [0, 0.05) is 42.8 Å². The number of hydrogen-bond donors (Lipinski definition) is 1. The van der Waals surface area contributed by atoms with Crippen molar-refractivity contribution in [2.75, 3.05) is 17.8 Å². The first-order valence-corrected chi connectivity index (χ1v) is 13.3. The number of amides is 1. The van der Waals surface area contributed by atoms with Gasteiger partial charge >= 0.3 is 0 Å². The van der Waals surface area contributed by atoms with Crippen LogP contribution in [0.5, 0.6) is 0 Å². The number of nitrogens with zero attached hydrogens (tertiary/aromatic N) is 3. The minimum absolute atomic E-state index is 0.0878. The smallest absolute Gasteiger partial charge is 0.261 e. The number of benzene rings is 2. The molecule has 0 bridgehead atoms. The fourth-order valence-corrected chi connectivity index (χ4v) is 5.44. The molecule has 180 valence electrons. The number of unbranched alkanes of at least 4 members (excludes halogenated alkanes) is 1. The third-order valence-corrected chi connectivity index (χ3v) is 7.85. The normalized spacial score (nSPS) is 14.8. The number of nitrogens with one attached hydrogen (secondary N) is 1. The molecule has 1 aliphatic heterocycles. The van der Waals surface area contributed by atoms with E-state index in [2.05, 4.69) is 21.2 Å². The quantitative estimate of drug-likeness (QED) is 0.501. The van der Waals surface area contributed by atoms with Crippen molar-refractivity contribution in [1.29, 1.82) is 0 Å². The van der Waals surface area contributed by atoms with Crippen LogP contribution in [-0.4, -0.2) is 41.9 Å². The monoisotopic (exact) mass is 480 g/mol. The van der Waals surface area contributed by atoms with Gasteiger partial charge in [-0.05, 0) is 68.0 Å². The van der Waals surface area contributed by atoms with Crippen LogP contribution >= 0.6 is 0 Å². The first-order valence-electron chi connectivity index (χ1n) is 11.9. The Balaban J connectivity index is 1.46. The average Bonchev–Trinajstić information content (AvgIpc) is 3.38. The van der Waals surface area contributed by atoms with Gasteiger partial charge in [0.05, 0.1) is 11.2 Å². The molecule has 0 unspecified atom stereocenters. The molecule has 2 aromatic carbocycles. The molecule has 2 heterocycles. The summed E-state index contributed by atoms with van der Waals surface area (Å²) in [5.41, 5.74) is 2.89. The minimum atomic E-state index is -3.82. The molecule has 1 fully saturated rings. The van der Waals surface area contributed by atoms with E-state index in [0.29, 0.717) is 30.4 Å². The number of aromatic nitrogens is 2. The zero-order valence-electron chi connectivity index (χ0n) is 19.8. The average molecular weight is 481 g/mol. The molecule has 4 rings (SSSR count). The van der Waals surface area contributed by atoms with Crippen LogP contribution in [0.1, 0.15) is 60.1 Å². The molecule has 3 aromatic rings. The van der Waals surface area contributed by atoms with Gasteiger partial charge in [0.1, 0.15) is 0 Å². The third-order valence-electron chi connectivity index (χ3n) is 6.47. The van der Waals surface area contributed by atoms with Gasteiger partial charge in [0.25, 0.3) is 15.9 Å². The summed E-state index contributed by atoms with van der Waals surface area (Å²) >= 11 is 0. The van der Waals surface area contributed by atoms with Crippen molar-refractivity contribution in [1.82, 2.24) is 14.5 Å². The van der Waals surface area contributed by atoms with Crippen molar-refractivity contribution < 1.29 is 13.2 Å². The van der Waals surface area contributed by atoms with Gasteiger partial charge < -0.3 is 9.47 Å². The van der Waals surface area contributed by atoms with E-state index in [1.54, 1.807) is 30.5 Å². The lowest BCUT2D eigenvalue weighted by atomic mass is 10.0. The van der Waals surface area contributed by atoms with Crippen molar-refractivity contribution in [3.05, 3.63) is 77.9 Å². The second-order valence-electron chi connectivity index (χ2n) is 8.92. The zero-order valence-corrected chi connectivity index (χ0v) is 20.6. The van der Waals surface area contributed by atoms with E-state index in [4.69, 9.17) is 0 Å². The van der Waals surface area contributed by atoms with E-state index < -0.39 is 10.0 Å². The fourth-order valence-electron chi connectivity index (χ4n) is 4.36. The highest BCUT2D eigenvalue weighted by Crippen LogP contribution is 2.26. The highest BCUT2D eigenvalue weighted by molar-refractivity contribution is 7.92. The topological polar surface area (TPSA) is 84.3 Å². The Morgan fingerprint density at radius 3 is 2.50 bits per heavy atom. The predicted octanol–water partition coefficient (Wildman–Crippen LogP) is 4.81. The number of imidazole rings is 1. The van der Waals surface area contributed by atoms with Gasteiger partial charge in [-0.15, -0.1) is 0 Å². The van der Waals surface area contributed by atoms with E-state index in [1.807, 2.05) is 36.5 Å². The highest BCUT2D eigenvalue weighted by atomic mass is 32.2. The van der Waals surface area contributed by atoms with E-state index >= 15 is 0 Å². The summed E-state index contributed by atoms with van der Waals surface area (Å²) in [6, 6.07) is 12.5. The SMILES string of the molecule is CCCCc1ccc(NS(=O)(=O)c2ccc(C)c(C(=O)N3CCC(n4ccnc4)CC3)c2)cc1. The van der Waals surface area contributed by atoms with Gasteiger partial charge in [0.2, 0.25) is 0 Å². The second-order valence-corrected chi connectivity index (χ2v) is 10.6. The standard InChI is InChI=1S/C26H32N4O3S/c1-3-4-5-21-7-9-22(10-8-21)28-34(32,33)24-11-6-20(2)25(18-24)26(31)29-15-12-23(13-16-29)30-17-14-27-19-30/h6-11,14,17-19,23,28H,3-5,12-13,15-16H2,1-2H3. The third kappa shape index (κ3) is 5.50. The van der Waals surface area contributed by atoms with Crippen LogP contribution in [0.2, 0.25) is 0 Å². The first-order chi connectivity index (χ1) is 16.4. The molecule has 0 atom stereocenters. The number of sulfonamides is 1. The van der Waals surface area contributed by atoms with Crippen LogP contribution in [0, 0.1) is 6.92 Å². The van der Waals surface area contributed by atoms with Crippen LogP contribution in [-0.2, 0) is 16.4 Å². The van der Waals surface area contributed by atoms with Crippen LogP contribution in [0.15, 0.2) is 66.1 Å². The summed E-state index contributed by atoms with van der Waals surface area (Å²) in [5, 5.41) is 0. The molecule has 0 radical (unpaired) electrons. The van der Waals surface area contributed by atoms with E-state index in [1.165, 1.54) is 11.6 Å². The Labute approximate surface area is 201 Å². The molecule has 1 amide bonds. The maximum atomic E-state index is 13.3. The first kappa shape index (κ1) is 24.0. The molecule has 8 heteroatoms. The Morgan fingerprint density at radius 2 is 1.85 bits per heavy atom. The molecule has 0 saturated carbocycles. The lowest BCUT2D eigenvalue weighted by molar-refractivity contribution is 0.0693. The Kier molecular flexibility index (Phi) is 7.36. The van der Waals surface area contributed by atoms with Gasteiger partial charge in [-0.2, -0.15) is 0 Å². The van der Waals surface area contributed by atoms with Gasteiger partial charge in [-0.25, -0.2) is 13.4 Å². The number of carbonyl (C=O) groups excluding carboxylic acids is 1. The van der Waals surface area contributed by atoms with Crippen LogP contribution < -0.4 is 4.72 Å². The Hall–Kier alpha value is -3.13. The summed E-state index contributed by atoms with van der Waals surface area (Å²) in [6.45, 7) is 5.23. The molecule has 0 aliphatic carbocycles.